The largest absolute Gasteiger partial charge is 0.497 e. The molecule has 0 spiro atoms. The molecule has 4 aromatic rings. The van der Waals surface area contributed by atoms with E-state index in [2.05, 4.69) is 62.3 Å². The lowest BCUT2D eigenvalue weighted by Gasteiger charge is -2.10. The molecule has 0 bridgehead atoms. The number of aryl methyl sites for hydroxylation is 1. The second-order valence-corrected chi connectivity index (χ2v) is 8.36. The van der Waals surface area contributed by atoms with E-state index in [9.17, 15) is 0 Å². The van der Waals surface area contributed by atoms with Gasteiger partial charge in [0.25, 0.3) is 0 Å². The Hall–Kier alpha value is -2.63. The Morgan fingerprint density at radius 2 is 1.66 bits per heavy atom. The summed E-state index contributed by atoms with van der Waals surface area (Å²) in [5.74, 6) is 0.882. The van der Waals surface area contributed by atoms with Crippen LogP contribution in [0.25, 0.3) is 11.3 Å². The van der Waals surface area contributed by atoms with Gasteiger partial charge in [0, 0.05) is 16.4 Å². The normalized spacial score (nSPS) is 11.6. The molecule has 29 heavy (non-hydrogen) atoms. The average molecular weight is 465 g/mol. The van der Waals surface area contributed by atoms with Gasteiger partial charge in [-0.2, -0.15) is 0 Å². The van der Waals surface area contributed by atoms with Crippen LogP contribution in [-0.2, 0) is 13.0 Å². The molecule has 1 heterocycles. The Morgan fingerprint density at radius 1 is 0.931 bits per heavy atom. The third-order valence-corrected chi connectivity index (χ3v) is 6.09. The number of hydrogen-bond acceptors (Lipinski definition) is 3. The molecule has 0 aliphatic rings. The van der Waals surface area contributed by atoms with Crippen molar-refractivity contribution >= 4 is 33.0 Å². The first-order valence-corrected chi connectivity index (χ1v) is 11.1. The number of benzene rings is 3. The molecule has 0 saturated carbocycles. The van der Waals surface area contributed by atoms with E-state index in [1.54, 1.807) is 18.4 Å². The topological polar surface area (TPSA) is 26.5 Å². The van der Waals surface area contributed by atoms with Crippen molar-refractivity contribution in [3.8, 4) is 17.0 Å². The zero-order valence-electron chi connectivity index (χ0n) is 16.1. The molecule has 3 nitrogen and oxygen atoms in total. The van der Waals surface area contributed by atoms with Gasteiger partial charge in [0.1, 0.15) is 5.75 Å². The van der Waals surface area contributed by atoms with Gasteiger partial charge in [0.15, 0.2) is 4.80 Å². The lowest BCUT2D eigenvalue weighted by Crippen LogP contribution is -2.17. The van der Waals surface area contributed by atoms with Crippen molar-refractivity contribution in [2.24, 2.45) is 4.99 Å². The smallest absolute Gasteiger partial charge is 0.190 e. The Morgan fingerprint density at radius 3 is 2.34 bits per heavy atom. The summed E-state index contributed by atoms with van der Waals surface area (Å²) in [6.07, 6.45) is 0.923. The molecule has 5 heteroatoms. The number of methoxy groups -OCH3 is 1. The molecule has 0 aliphatic heterocycles. The first-order chi connectivity index (χ1) is 14.2. The molecule has 0 aliphatic carbocycles. The van der Waals surface area contributed by atoms with Crippen LogP contribution in [0, 0.1) is 0 Å². The van der Waals surface area contributed by atoms with Gasteiger partial charge in [-0.1, -0.05) is 58.4 Å². The minimum atomic E-state index is 0.854. The SMILES string of the molecule is COc1ccc(CCn2c(-c3ccc(Br)cc3)csc2=Nc2ccccc2)cc1. The van der Waals surface area contributed by atoms with E-state index in [0.29, 0.717) is 0 Å². The standard InChI is InChI=1S/C24H21BrN2OS/c1-28-22-13-7-18(8-14-22)15-16-27-23(19-9-11-20(25)12-10-19)17-29-24(27)26-21-5-3-2-4-6-21/h2-14,17H,15-16H2,1H3. The van der Waals surface area contributed by atoms with Crippen molar-refractivity contribution in [3.63, 3.8) is 0 Å². The van der Waals surface area contributed by atoms with Crippen LogP contribution in [0.2, 0.25) is 0 Å². The molecular formula is C24H21BrN2OS. The van der Waals surface area contributed by atoms with E-state index in [1.807, 2.05) is 42.5 Å². The number of thiazole rings is 1. The Labute approximate surface area is 183 Å². The van der Waals surface area contributed by atoms with Gasteiger partial charge in [0.05, 0.1) is 18.5 Å². The summed E-state index contributed by atoms with van der Waals surface area (Å²) in [5.41, 5.74) is 4.62. The van der Waals surface area contributed by atoms with Crippen molar-refractivity contribution in [2.75, 3.05) is 7.11 Å². The summed E-state index contributed by atoms with van der Waals surface area (Å²) >= 11 is 5.20. The fraction of sp³-hybridized carbons (Fsp3) is 0.125. The fourth-order valence-electron chi connectivity index (χ4n) is 3.13. The summed E-state index contributed by atoms with van der Waals surface area (Å²) in [5, 5.41) is 2.19. The number of para-hydroxylation sites is 1. The van der Waals surface area contributed by atoms with Gasteiger partial charge in [-0.05, 0) is 53.9 Å². The Bertz CT molecular complexity index is 1130. The summed E-state index contributed by atoms with van der Waals surface area (Å²) in [6.45, 7) is 0.854. The quantitative estimate of drug-likeness (QED) is 0.321. The maximum absolute atomic E-state index is 5.27. The Balaban J connectivity index is 1.70. The van der Waals surface area contributed by atoms with Crippen molar-refractivity contribution in [3.05, 3.63) is 99.1 Å². The molecule has 0 N–H and O–H groups in total. The second kappa shape index (κ2) is 9.25. The van der Waals surface area contributed by atoms with E-state index in [0.717, 1.165) is 33.7 Å². The number of nitrogens with zero attached hydrogens (tertiary/aromatic N) is 2. The summed E-state index contributed by atoms with van der Waals surface area (Å²) < 4.78 is 8.66. The molecule has 0 unspecified atom stereocenters. The Kier molecular flexibility index (Phi) is 6.27. The molecule has 0 fully saturated rings. The number of hydrogen-bond donors (Lipinski definition) is 0. The highest BCUT2D eigenvalue weighted by molar-refractivity contribution is 9.10. The van der Waals surface area contributed by atoms with Crippen LogP contribution in [-0.4, -0.2) is 11.7 Å². The van der Waals surface area contributed by atoms with Gasteiger partial charge >= 0.3 is 0 Å². The number of halogens is 1. The first kappa shape index (κ1) is 19.7. The second-order valence-electron chi connectivity index (χ2n) is 6.61. The van der Waals surface area contributed by atoms with Gasteiger partial charge < -0.3 is 9.30 Å². The van der Waals surface area contributed by atoms with Gasteiger partial charge in [0.2, 0.25) is 0 Å². The highest BCUT2D eigenvalue weighted by Gasteiger charge is 2.09. The van der Waals surface area contributed by atoms with E-state index >= 15 is 0 Å². The average Bonchev–Trinajstić information content (AvgIpc) is 3.16. The molecule has 0 amide bonds. The van der Waals surface area contributed by atoms with Gasteiger partial charge in [-0.15, -0.1) is 11.3 Å². The molecule has 1 aromatic heterocycles. The first-order valence-electron chi connectivity index (χ1n) is 9.40. The predicted octanol–water partition coefficient (Wildman–Crippen LogP) is 6.46. The number of aromatic nitrogens is 1. The van der Waals surface area contributed by atoms with Crippen LogP contribution < -0.4 is 9.54 Å². The molecule has 0 saturated heterocycles. The maximum atomic E-state index is 5.27. The van der Waals surface area contributed by atoms with E-state index in [1.165, 1.54) is 16.8 Å². The van der Waals surface area contributed by atoms with Crippen molar-refractivity contribution in [1.29, 1.82) is 0 Å². The highest BCUT2D eigenvalue weighted by atomic mass is 79.9. The van der Waals surface area contributed by atoms with Crippen LogP contribution in [0.15, 0.2) is 93.7 Å². The van der Waals surface area contributed by atoms with Crippen LogP contribution in [0.3, 0.4) is 0 Å². The maximum Gasteiger partial charge on any atom is 0.190 e. The minimum absolute atomic E-state index is 0.854. The van der Waals surface area contributed by atoms with Crippen LogP contribution >= 0.6 is 27.3 Å². The molecule has 3 aromatic carbocycles. The van der Waals surface area contributed by atoms with Gasteiger partial charge in [-0.3, -0.25) is 0 Å². The summed E-state index contributed by atoms with van der Waals surface area (Å²) in [4.78, 5) is 5.90. The molecular weight excluding hydrogens is 444 g/mol. The third-order valence-electron chi connectivity index (χ3n) is 4.70. The van der Waals surface area contributed by atoms with E-state index < -0.39 is 0 Å². The number of rotatable bonds is 6. The van der Waals surface area contributed by atoms with Crippen molar-refractivity contribution in [2.45, 2.75) is 13.0 Å². The molecule has 146 valence electrons. The third kappa shape index (κ3) is 4.86. The fourth-order valence-corrected chi connectivity index (χ4v) is 4.35. The van der Waals surface area contributed by atoms with Gasteiger partial charge in [-0.25, -0.2) is 4.99 Å². The monoisotopic (exact) mass is 464 g/mol. The van der Waals surface area contributed by atoms with Crippen molar-refractivity contribution < 1.29 is 4.74 Å². The van der Waals surface area contributed by atoms with E-state index in [-0.39, 0.29) is 0 Å². The van der Waals surface area contributed by atoms with Crippen LogP contribution in [0.1, 0.15) is 5.56 Å². The van der Waals surface area contributed by atoms with E-state index in [4.69, 9.17) is 9.73 Å². The lowest BCUT2D eigenvalue weighted by atomic mass is 10.1. The minimum Gasteiger partial charge on any atom is -0.497 e. The van der Waals surface area contributed by atoms with Crippen LogP contribution in [0.4, 0.5) is 5.69 Å². The predicted molar refractivity (Wildman–Crippen MR) is 124 cm³/mol. The van der Waals surface area contributed by atoms with Crippen LogP contribution in [0.5, 0.6) is 5.75 Å². The van der Waals surface area contributed by atoms with Crippen molar-refractivity contribution in [1.82, 2.24) is 4.57 Å². The lowest BCUT2D eigenvalue weighted by molar-refractivity contribution is 0.414. The summed E-state index contributed by atoms with van der Waals surface area (Å²) in [7, 11) is 1.69. The molecule has 0 atom stereocenters. The highest BCUT2D eigenvalue weighted by Crippen LogP contribution is 2.23. The zero-order valence-corrected chi connectivity index (χ0v) is 18.5. The molecule has 4 rings (SSSR count). The number of ether oxygens (including phenoxy) is 1. The molecule has 0 radical (unpaired) electrons. The summed E-state index contributed by atoms with van der Waals surface area (Å²) in [6, 6.07) is 26.8. The zero-order chi connectivity index (χ0) is 20.1.